The van der Waals surface area contributed by atoms with E-state index in [4.69, 9.17) is 4.42 Å². The van der Waals surface area contributed by atoms with Crippen LogP contribution in [0, 0.1) is 0 Å². The van der Waals surface area contributed by atoms with Crippen molar-refractivity contribution in [3.8, 4) is 17.3 Å². The first-order valence-corrected chi connectivity index (χ1v) is 11.7. The molecule has 0 saturated carbocycles. The average Bonchev–Trinajstić information content (AvgIpc) is 3.54. The number of benzene rings is 3. The minimum atomic E-state index is 0.0148. The normalized spacial score (nSPS) is 11.1. The van der Waals surface area contributed by atoms with Crippen LogP contribution in [0.3, 0.4) is 0 Å². The van der Waals surface area contributed by atoms with Gasteiger partial charge in [-0.15, -0.1) is 10.2 Å². The Morgan fingerprint density at radius 3 is 2.52 bits per heavy atom. The SMILES string of the molecule is CCN(C(=O)CSc1nnc(-c2ccco2)n1-c1ccccc1)c1cccc2ccccc12. The highest BCUT2D eigenvalue weighted by Gasteiger charge is 2.21. The standard InChI is InChI=1S/C26H22N4O2S/c1-2-29(22-15-8-11-19-10-6-7-14-21(19)22)24(31)18-33-26-28-27-25(23-16-9-17-32-23)30(26)20-12-4-3-5-13-20/h3-17H,2,18H2,1H3. The van der Waals surface area contributed by atoms with Crippen LogP contribution in [0.1, 0.15) is 6.92 Å². The van der Waals surface area contributed by atoms with Crippen molar-refractivity contribution in [3.05, 3.63) is 91.2 Å². The van der Waals surface area contributed by atoms with Crippen molar-refractivity contribution in [1.82, 2.24) is 14.8 Å². The van der Waals surface area contributed by atoms with E-state index in [0.717, 1.165) is 22.1 Å². The second-order valence-corrected chi connectivity index (χ2v) is 8.32. The molecule has 5 rings (SSSR count). The molecule has 0 bridgehead atoms. The van der Waals surface area contributed by atoms with Gasteiger partial charge in [-0.2, -0.15) is 0 Å². The molecular weight excluding hydrogens is 432 g/mol. The second kappa shape index (κ2) is 9.34. The highest BCUT2D eigenvalue weighted by atomic mass is 32.2. The molecule has 0 atom stereocenters. The third-order valence-electron chi connectivity index (χ3n) is 5.39. The Labute approximate surface area is 195 Å². The van der Waals surface area contributed by atoms with Crippen molar-refractivity contribution >= 4 is 34.1 Å². The van der Waals surface area contributed by atoms with Crippen molar-refractivity contribution in [3.63, 3.8) is 0 Å². The molecule has 0 aliphatic heterocycles. The van der Waals surface area contributed by atoms with Gasteiger partial charge in [-0.1, -0.05) is 66.4 Å². The predicted octanol–water partition coefficient (Wildman–Crippen LogP) is 5.83. The number of nitrogens with zero attached hydrogens (tertiary/aromatic N) is 4. The molecule has 0 radical (unpaired) electrons. The number of carbonyl (C=O) groups excluding carboxylic acids is 1. The topological polar surface area (TPSA) is 64.2 Å². The molecule has 0 fully saturated rings. The summed E-state index contributed by atoms with van der Waals surface area (Å²) >= 11 is 1.37. The Balaban J connectivity index is 1.44. The molecule has 0 saturated heterocycles. The summed E-state index contributed by atoms with van der Waals surface area (Å²) in [5, 5.41) is 11.5. The van der Waals surface area contributed by atoms with E-state index >= 15 is 0 Å². The zero-order valence-corrected chi connectivity index (χ0v) is 18.9. The van der Waals surface area contributed by atoms with Crippen LogP contribution in [0.15, 0.2) is 101 Å². The summed E-state index contributed by atoms with van der Waals surface area (Å²) in [5.41, 5.74) is 1.83. The third-order valence-corrected chi connectivity index (χ3v) is 6.30. The number of anilines is 1. The average molecular weight is 455 g/mol. The molecule has 0 unspecified atom stereocenters. The lowest BCUT2D eigenvalue weighted by Gasteiger charge is -2.22. The highest BCUT2D eigenvalue weighted by Crippen LogP contribution is 2.30. The molecule has 3 aromatic carbocycles. The maximum absolute atomic E-state index is 13.3. The first-order chi connectivity index (χ1) is 16.3. The first-order valence-electron chi connectivity index (χ1n) is 10.7. The van der Waals surface area contributed by atoms with E-state index in [2.05, 4.69) is 28.4 Å². The van der Waals surface area contributed by atoms with Gasteiger partial charge in [0.2, 0.25) is 11.7 Å². The van der Waals surface area contributed by atoms with Gasteiger partial charge in [-0.25, -0.2) is 0 Å². The summed E-state index contributed by atoms with van der Waals surface area (Å²) in [6.07, 6.45) is 1.61. The second-order valence-electron chi connectivity index (χ2n) is 7.38. The van der Waals surface area contributed by atoms with E-state index < -0.39 is 0 Å². The fourth-order valence-corrected chi connectivity index (χ4v) is 4.70. The van der Waals surface area contributed by atoms with Gasteiger partial charge < -0.3 is 9.32 Å². The monoisotopic (exact) mass is 454 g/mol. The van der Waals surface area contributed by atoms with Crippen molar-refractivity contribution in [2.45, 2.75) is 12.1 Å². The van der Waals surface area contributed by atoms with Gasteiger partial charge >= 0.3 is 0 Å². The van der Waals surface area contributed by atoms with Gasteiger partial charge in [0.1, 0.15) is 0 Å². The maximum atomic E-state index is 13.3. The smallest absolute Gasteiger partial charge is 0.237 e. The van der Waals surface area contributed by atoms with Gasteiger partial charge in [0.05, 0.1) is 17.7 Å². The molecule has 1 amide bonds. The molecule has 0 aliphatic carbocycles. The molecule has 33 heavy (non-hydrogen) atoms. The number of hydrogen-bond acceptors (Lipinski definition) is 5. The molecule has 0 spiro atoms. The Kier molecular flexibility index (Phi) is 5.95. The number of aromatic nitrogens is 3. The van der Waals surface area contributed by atoms with Crippen LogP contribution < -0.4 is 4.90 Å². The summed E-state index contributed by atoms with van der Waals surface area (Å²) in [7, 11) is 0. The molecule has 5 aromatic rings. The number of hydrogen-bond donors (Lipinski definition) is 0. The molecule has 2 aromatic heterocycles. The van der Waals surface area contributed by atoms with Crippen LogP contribution in [0.5, 0.6) is 0 Å². The Hall–Kier alpha value is -3.84. The summed E-state index contributed by atoms with van der Waals surface area (Å²) in [6, 6.07) is 27.7. The van der Waals surface area contributed by atoms with E-state index in [9.17, 15) is 4.79 Å². The van der Waals surface area contributed by atoms with Gasteiger partial charge in [0, 0.05) is 17.6 Å². The zero-order valence-electron chi connectivity index (χ0n) is 18.1. The lowest BCUT2D eigenvalue weighted by Crippen LogP contribution is -2.32. The Morgan fingerprint density at radius 2 is 1.73 bits per heavy atom. The van der Waals surface area contributed by atoms with Crippen LogP contribution >= 0.6 is 11.8 Å². The van der Waals surface area contributed by atoms with E-state index in [1.807, 2.05) is 83.1 Å². The minimum absolute atomic E-state index is 0.0148. The van der Waals surface area contributed by atoms with Gasteiger partial charge in [0.25, 0.3) is 0 Å². The number of para-hydroxylation sites is 1. The number of amides is 1. The number of thioether (sulfide) groups is 1. The van der Waals surface area contributed by atoms with Crippen molar-refractivity contribution in [2.24, 2.45) is 0 Å². The molecule has 164 valence electrons. The number of carbonyl (C=O) groups is 1. The summed E-state index contributed by atoms with van der Waals surface area (Å²) in [5.74, 6) is 1.47. The van der Waals surface area contributed by atoms with E-state index in [1.165, 1.54) is 11.8 Å². The number of fused-ring (bicyclic) bond motifs is 1. The summed E-state index contributed by atoms with van der Waals surface area (Å²) in [4.78, 5) is 15.1. The lowest BCUT2D eigenvalue weighted by atomic mass is 10.1. The van der Waals surface area contributed by atoms with Crippen LogP contribution in [-0.2, 0) is 4.79 Å². The fraction of sp³-hybridized carbons (Fsp3) is 0.115. The summed E-state index contributed by atoms with van der Waals surface area (Å²) < 4.78 is 7.49. The Bertz CT molecular complexity index is 1370. The van der Waals surface area contributed by atoms with E-state index in [-0.39, 0.29) is 11.7 Å². The number of furan rings is 1. The van der Waals surface area contributed by atoms with Crippen LogP contribution in [0.4, 0.5) is 5.69 Å². The van der Waals surface area contributed by atoms with Crippen LogP contribution in [0.2, 0.25) is 0 Å². The van der Waals surface area contributed by atoms with Gasteiger partial charge in [-0.3, -0.25) is 9.36 Å². The predicted molar refractivity (Wildman–Crippen MR) is 132 cm³/mol. The molecular formula is C26H22N4O2S. The molecule has 6 nitrogen and oxygen atoms in total. The number of rotatable bonds is 7. The maximum Gasteiger partial charge on any atom is 0.237 e. The highest BCUT2D eigenvalue weighted by molar-refractivity contribution is 7.99. The lowest BCUT2D eigenvalue weighted by molar-refractivity contribution is -0.116. The van der Waals surface area contributed by atoms with Crippen LogP contribution in [-0.4, -0.2) is 33.0 Å². The zero-order chi connectivity index (χ0) is 22.6. The van der Waals surface area contributed by atoms with E-state index in [1.54, 1.807) is 6.26 Å². The summed E-state index contributed by atoms with van der Waals surface area (Å²) in [6.45, 7) is 2.57. The van der Waals surface area contributed by atoms with Gasteiger partial charge in [0.15, 0.2) is 10.9 Å². The van der Waals surface area contributed by atoms with Crippen molar-refractivity contribution in [1.29, 1.82) is 0 Å². The fourth-order valence-electron chi connectivity index (χ4n) is 3.87. The quantitative estimate of drug-likeness (QED) is 0.290. The van der Waals surface area contributed by atoms with Crippen LogP contribution in [0.25, 0.3) is 28.0 Å². The van der Waals surface area contributed by atoms with E-state index in [0.29, 0.717) is 23.3 Å². The largest absolute Gasteiger partial charge is 0.461 e. The molecule has 7 heteroatoms. The molecule has 0 aliphatic rings. The van der Waals surface area contributed by atoms with Crippen molar-refractivity contribution < 1.29 is 9.21 Å². The van der Waals surface area contributed by atoms with Crippen molar-refractivity contribution in [2.75, 3.05) is 17.2 Å². The first kappa shape index (κ1) is 21.0. The molecule has 0 N–H and O–H groups in total. The van der Waals surface area contributed by atoms with Gasteiger partial charge in [-0.05, 0) is 42.6 Å². The Morgan fingerprint density at radius 1 is 0.939 bits per heavy atom. The minimum Gasteiger partial charge on any atom is -0.461 e. The third kappa shape index (κ3) is 4.15. The molecule has 2 heterocycles.